The van der Waals surface area contributed by atoms with Gasteiger partial charge < -0.3 is 10.6 Å². The first-order valence-electron chi connectivity index (χ1n) is 6.24. The molecule has 0 radical (unpaired) electrons. The third kappa shape index (κ3) is 2.72. The van der Waals surface area contributed by atoms with Gasteiger partial charge in [-0.15, -0.1) is 0 Å². The lowest BCUT2D eigenvalue weighted by atomic mass is 9.97. The van der Waals surface area contributed by atoms with Crippen molar-refractivity contribution in [2.45, 2.75) is 37.5 Å². The van der Waals surface area contributed by atoms with E-state index in [0.717, 1.165) is 31.2 Å². The summed E-state index contributed by atoms with van der Waals surface area (Å²) in [5.41, 5.74) is 0. The first kappa shape index (κ1) is 12.2. The van der Waals surface area contributed by atoms with Crippen LogP contribution in [0.15, 0.2) is 0 Å². The maximum absolute atomic E-state index is 12.0. The summed E-state index contributed by atoms with van der Waals surface area (Å²) in [5.74, 6) is 0.940. The molecular formula is C12H22N2OS. The van der Waals surface area contributed by atoms with Gasteiger partial charge in [-0.25, -0.2) is 0 Å². The molecule has 2 rings (SSSR count). The summed E-state index contributed by atoms with van der Waals surface area (Å²) in [7, 11) is 0. The van der Waals surface area contributed by atoms with E-state index in [9.17, 15) is 4.79 Å². The Kier molecular flexibility index (Phi) is 4.14. The molecule has 2 fully saturated rings. The zero-order valence-electron chi connectivity index (χ0n) is 10.2. The Balaban J connectivity index is 1.79. The van der Waals surface area contributed by atoms with E-state index >= 15 is 0 Å². The van der Waals surface area contributed by atoms with Gasteiger partial charge in [-0.2, -0.15) is 11.8 Å². The zero-order valence-corrected chi connectivity index (χ0v) is 11.0. The number of rotatable bonds is 3. The van der Waals surface area contributed by atoms with Crippen LogP contribution in [0.3, 0.4) is 0 Å². The minimum absolute atomic E-state index is 0.188. The van der Waals surface area contributed by atoms with Gasteiger partial charge in [0.25, 0.3) is 0 Å². The van der Waals surface area contributed by atoms with Crippen molar-refractivity contribution in [3.8, 4) is 0 Å². The van der Waals surface area contributed by atoms with E-state index in [0.29, 0.717) is 12.0 Å². The van der Waals surface area contributed by atoms with Crippen LogP contribution in [-0.4, -0.2) is 36.5 Å². The predicted octanol–water partition coefficient (Wildman–Crippen LogP) is 1.24. The molecule has 0 aromatic rings. The monoisotopic (exact) mass is 242 g/mol. The maximum atomic E-state index is 12.0. The molecule has 0 aromatic carbocycles. The molecule has 0 bridgehead atoms. The normalized spacial score (nSPS) is 38.9. The highest BCUT2D eigenvalue weighted by molar-refractivity contribution is 7.99. The second-order valence-electron chi connectivity index (χ2n) is 5.12. The van der Waals surface area contributed by atoms with Crippen molar-refractivity contribution in [1.29, 1.82) is 0 Å². The Labute approximate surface area is 102 Å². The van der Waals surface area contributed by atoms with E-state index < -0.39 is 0 Å². The van der Waals surface area contributed by atoms with Crippen LogP contribution in [-0.2, 0) is 4.79 Å². The second kappa shape index (κ2) is 5.41. The third-order valence-electron chi connectivity index (χ3n) is 3.92. The van der Waals surface area contributed by atoms with Crippen molar-refractivity contribution in [3.63, 3.8) is 0 Å². The molecule has 2 N–H and O–H groups in total. The molecule has 2 unspecified atom stereocenters. The average molecular weight is 242 g/mol. The van der Waals surface area contributed by atoms with Gasteiger partial charge in [0.2, 0.25) is 5.91 Å². The fraction of sp³-hybridized carbons (Fsp3) is 0.917. The van der Waals surface area contributed by atoms with Crippen LogP contribution < -0.4 is 10.6 Å². The quantitative estimate of drug-likeness (QED) is 0.782. The summed E-state index contributed by atoms with van der Waals surface area (Å²) in [6, 6.07) is 0.428. The van der Waals surface area contributed by atoms with Crippen molar-refractivity contribution in [3.05, 3.63) is 0 Å². The summed E-state index contributed by atoms with van der Waals surface area (Å²) >= 11 is 1.93. The Morgan fingerprint density at radius 1 is 1.38 bits per heavy atom. The van der Waals surface area contributed by atoms with E-state index in [4.69, 9.17) is 0 Å². The molecule has 16 heavy (non-hydrogen) atoms. The summed E-state index contributed by atoms with van der Waals surface area (Å²) < 4.78 is 0. The van der Waals surface area contributed by atoms with Crippen LogP contribution >= 0.6 is 11.8 Å². The molecule has 92 valence electrons. The molecule has 4 heteroatoms. The van der Waals surface area contributed by atoms with Crippen LogP contribution in [0.1, 0.15) is 26.2 Å². The van der Waals surface area contributed by atoms with Gasteiger partial charge >= 0.3 is 0 Å². The lowest BCUT2D eigenvalue weighted by molar-refractivity contribution is -0.126. The van der Waals surface area contributed by atoms with Gasteiger partial charge in [-0.05, 0) is 38.0 Å². The Morgan fingerprint density at radius 2 is 2.19 bits per heavy atom. The van der Waals surface area contributed by atoms with Crippen molar-refractivity contribution >= 4 is 17.7 Å². The van der Waals surface area contributed by atoms with Gasteiger partial charge in [0.1, 0.15) is 0 Å². The standard InChI is InChI=1S/C12H22N2OS/c1-8-6-13-7-11(8)12(15)14-9-3-4-10(5-9)16-2/h8-11,13H,3-7H2,1-2H3,(H,14,15)/t8-,9?,10?,11-/m1/s1. The lowest BCUT2D eigenvalue weighted by Crippen LogP contribution is -2.40. The first-order valence-corrected chi connectivity index (χ1v) is 7.53. The van der Waals surface area contributed by atoms with Crippen LogP contribution in [0, 0.1) is 11.8 Å². The molecular weight excluding hydrogens is 220 g/mol. The van der Waals surface area contributed by atoms with Crippen LogP contribution in [0.4, 0.5) is 0 Å². The van der Waals surface area contributed by atoms with Crippen molar-refractivity contribution in [2.24, 2.45) is 11.8 Å². The SMILES string of the molecule is CSC1CCC(NC(=O)[C@@H]2CNC[C@H]2C)C1. The van der Waals surface area contributed by atoms with Crippen molar-refractivity contribution in [2.75, 3.05) is 19.3 Å². The number of hydrogen-bond donors (Lipinski definition) is 2. The van der Waals surface area contributed by atoms with Gasteiger partial charge in [-0.1, -0.05) is 6.92 Å². The Hall–Kier alpha value is -0.220. The molecule has 1 amide bonds. The smallest absolute Gasteiger partial charge is 0.224 e. The van der Waals surface area contributed by atoms with Crippen LogP contribution in [0.25, 0.3) is 0 Å². The molecule has 3 nitrogen and oxygen atoms in total. The van der Waals surface area contributed by atoms with Gasteiger partial charge in [0, 0.05) is 17.8 Å². The summed E-state index contributed by atoms with van der Waals surface area (Å²) in [5, 5.41) is 7.26. The molecule has 2 aliphatic rings. The van der Waals surface area contributed by atoms with Crippen molar-refractivity contribution in [1.82, 2.24) is 10.6 Å². The lowest BCUT2D eigenvalue weighted by Gasteiger charge is -2.18. The summed E-state index contributed by atoms with van der Waals surface area (Å²) in [6.07, 6.45) is 5.73. The first-order chi connectivity index (χ1) is 7.70. The molecule has 0 aromatic heterocycles. The fourth-order valence-corrected chi connectivity index (χ4v) is 3.55. The Bertz CT molecular complexity index is 259. The largest absolute Gasteiger partial charge is 0.353 e. The number of carbonyl (C=O) groups is 1. The molecule has 1 saturated carbocycles. The highest BCUT2D eigenvalue weighted by Crippen LogP contribution is 2.28. The third-order valence-corrected chi connectivity index (χ3v) is 5.01. The zero-order chi connectivity index (χ0) is 11.5. The highest BCUT2D eigenvalue weighted by Gasteiger charge is 2.32. The number of nitrogens with one attached hydrogen (secondary N) is 2. The minimum atomic E-state index is 0.188. The van der Waals surface area contributed by atoms with E-state index in [-0.39, 0.29) is 11.8 Å². The molecule has 1 aliphatic heterocycles. The van der Waals surface area contributed by atoms with E-state index in [2.05, 4.69) is 23.8 Å². The van der Waals surface area contributed by atoms with Gasteiger partial charge in [0.15, 0.2) is 0 Å². The summed E-state index contributed by atoms with van der Waals surface area (Å²) in [6.45, 7) is 3.99. The fourth-order valence-electron chi connectivity index (χ4n) is 2.75. The topological polar surface area (TPSA) is 41.1 Å². The minimum Gasteiger partial charge on any atom is -0.353 e. The number of carbonyl (C=O) groups excluding carboxylic acids is 1. The van der Waals surface area contributed by atoms with Crippen LogP contribution in [0.2, 0.25) is 0 Å². The average Bonchev–Trinajstić information content (AvgIpc) is 2.86. The number of hydrogen-bond acceptors (Lipinski definition) is 3. The number of thioether (sulfide) groups is 1. The number of amides is 1. The molecule has 1 heterocycles. The van der Waals surface area contributed by atoms with E-state index in [1.807, 2.05) is 11.8 Å². The van der Waals surface area contributed by atoms with E-state index in [1.54, 1.807) is 0 Å². The molecule has 1 saturated heterocycles. The van der Waals surface area contributed by atoms with Crippen LogP contribution in [0.5, 0.6) is 0 Å². The Morgan fingerprint density at radius 3 is 2.75 bits per heavy atom. The van der Waals surface area contributed by atoms with Gasteiger partial charge in [-0.3, -0.25) is 4.79 Å². The molecule has 0 spiro atoms. The van der Waals surface area contributed by atoms with Crippen molar-refractivity contribution < 1.29 is 4.79 Å². The highest BCUT2D eigenvalue weighted by atomic mass is 32.2. The molecule has 1 aliphatic carbocycles. The molecule has 4 atom stereocenters. The van der Waals surface area contributed by atoms with Gasteiger partial charge in [0.05, 0.1) is 5.92 Å². The summed E-state index contributed by atoms with van der Waals surface area (Å²) in [4.78, 5) is 12.0. The predicted molar refractivity (Wildman–Crippen MR) is 68.6 cm³/mol. The maximum Gasteiger partial charge on any atom is 0.224 e. The van der Waals surface area contributed by atoms with E-state index in [1.165, 1.54) is 6.42 Å². The second-order valence-corrected chi connectivity index (χ2v) is 6.26.